The summed E-state index contributed by atoms with van der Waals surface area (Å²) < 4.78 is 5.81. The molecule has 0 spiro atoms. The van der Waals surface area contributed by atoms with Crippen LogP contribution in [0.3, 0.4) is 0 Å². The number of imidazole rings is 1. The number of rotatable bonds is 6. The fourth-order valence-electron chi connectivity index (χ4n) is 2.53. The van der Waals surface area contributed by atoms with Crippen molar-refractivity contribution in [3.63, 3.8) is 0 Å². The van der Waals surface area contributed by atoms with Crippen LogP contribution < -0.4 is 4.74 Å². The van der Waals surface area contributed by atoms with Gasteiger partial charge in [0.25, 0.3) is 0 Å². The number of nitrogens with zero attached hydrogens (tertiary/aromatic N) is 1. The Balaban J connectivity index is 0.00000192. The third kappa shape index (κ3) is 5.15. The van der Waals surface area contributed by atoms with Gasteiger partial charge in [0.15, 0.2) is 0 Å². The number of aromatic amines is 1. The fourth-order valence-corrected chi connectivity index (χ4v) is 2.53. The number of hydrogen-bond acceptors (Lipinski definition) is 2. The number of benzene rings is 2. The first kappa shape index (κ1) is 17.1. The summed E-state index contributed by atoms with van der Waals surface area (Å²) in [6, 6.07) is 18.2. The molecular weight excluding hydrogens is 308 g/mol. The van der Waals surface area contributed by atoms with E-state index >= 15 is 0 Å². The minimum Gasteiger partial charge on any atom is -0.457 e. The number of para-hydroxylation sites is 1. The Morgan fingerprint density at radius 1 is 0.957 bits per heavy atom. The molecule has 2 aromatic carbocycles. The molecule has 120 valence electrons. The second-order valence-corrected chi connectivity index (χ2v) is 5.61. The lowest BCUT2D eigenvalue weighted by atomic mass is 9.98. The highest BCUT2D eigenvalue weighted by molar-refractivity contribution is 5.85. The van der Waals surface area contributed by atoms with Crippen LogP contribution in [-0.4, -0.2) is 9.97 Å². The maximum absolute atomic E-state index is 5.81. The van der Waals surface area contributed by atoms with Gasteiger partial charge in [-0.1, -0.05) is 37.3 Å². The molecule has 0 aliphatic heterocycles. The zero-order chi connectivity index (χ0) is 15.2. The van der Waals surface area contributed by atoms with Crippen LogP contribution in [0.2, 0.25) is 0 Å². The average molecular weight is 329 g/mol. The van der Waals surface area contributed by atoms with Gasteiger partial charge in [-0.15, -0.1) is 12.4 Å². The molecule has 23 heavy (non-hydrogen) atoms. The van der Waals surface area contributed by atoms with E-state index in [1.54, 1.807) is 6.20 Å². The van der Waals surface area contributed by atoms with Crippen LogP contribution in [0.15, 0.2) is 67.0 Å². The predicted octanol–water partition coefficient (Wildman–Crippen LogP) is 5.05. The lowest BCUT2D eigenvalue weighted by molar-refractivity contribution is 0.482. The molecular formula is C19H21ClN2O. The van der Waals surface area contributed by atoms with Gasteiger partial charge in [-0.25, -0.2) is 4.98 Å². The van der Waals surface area contributed by atoms with Crippen molar-refractivity contribution in [2.24, 2.45) is 5.92 Å². The number of ether oxygens (including phenoxy) is 1. The Labute approximate surface area is 143 Å². The zero-order valence-corrected chi connectivity index (χ0v) is 13.9. The van der Waals surface area contributed by atoms with Gasteiger partial charge >= 0.3 is 0 Å². The van der Waals surface area contributed by atoms with E-state index in [-0.39, 0.29) is 12.4 Å². The van der Waals surface area contributed by atoms with Crippen LogP contribution in [0.5, 0.6) is 11.5 Å². The van der Waals surface area contributed by atoms with Crippen LogP contribution in [0, 0.1) is 5.92 Å². The van der Waals surface area contributed by atoms with Crippen LogP contribution in [0.4, 0.5) is 0 Å². The first-order valence-corrected chi connectivity index (χ1v) is 7.60. The molecule has 3 aromatic rings. The van der Waals surface area contributed by atoms with Gasteiger partial charge in [-0.2, -0.15) is 0 Å². The highest BCUT2D eigenvalue weighted by Gasteiger charge is 2.07. The van der Waals surface area contributed by atoms with Crippen molar-refractivity contribution >= 4 is 12.4 Å². The lowest BCUT2D eigenvalue weighted by Gasteiger charge is -2.11. The van der Waals surface area contributed by atoms with E-state index in [9.17, 15) is 0 Å². The van der Waals surface area contributed by atoms with E-state index in [0.717, 1.165) is 30.2 Å². The molecule has 3 rings (SSSR count). The van der Waals surface area contributed by atoms with Crippen molar-refractivity contribution in [2.45, 2.75) is 19.8 Å². The lowest BCUT2D eigenvalue weighted by Crippen LogP contribution is -2.05. The van der Waals surface area contributed by atoms with Gasteiger partial charge in [-0.3, -0.25) is 0 Å². The Kier molecular flexibility index (Phi) is 6.24. The first-order valence-electron chi connectivity index (χ1n) is 7.60. The maximum atomic E-state index is 5.81. The molecule has 4 heteroatoms. The number of hydrogen-bond donors (Lipinski definition) is 1. The molecule has 0 amide bonds. The van der Waals surface area contributed by atoms with Gasteiger partial charge in [0, 0.05) is 18.8 Å². The Bertz CT molecular complexity index is 681. The highest BCUT2D eigenvalue weighted by atomic mass is 35.5. The van der Waals surface area contributed by atoms with Gasteiger partial charge < -0.3 is 9.72 Å². The van der Waals surface area contributed by atoms with Crippen LogP contribution >= 0.6 is 12.4 Å². The summed E-state index contributed by atoms with van der Waals surface area (Å²) in [6.45, 7) is 2.25. The van der Waals surface area contributed by atoms with Crippen molar-refractivity contribution in [3.05, 3.63) is 78.4 Å². The maximum Gasteiger partial charge on any atom is 0.127 e. The normalized spacial score (nSPS) is 11.5. The molecule has 1 N–H and O–H groups in total. The van der Waals surface area contributed by atoms with E-state index in [2.05, 4.69) is 29.0 Å². The van der Waals surface area contributed by atoms with Gasteiger partial charge in [0.2, 0.25) is 0 Å². The van der Waals surface area contributed by atoms with Crippen molar-refractivity contribution in [3.8, 4) is 11.5 Å². The highest BCUT2D eigenvalue weighted by Crippen LogP contribution is 2.22. The largest absolute Gasteiger partial charge is 0.457 e. The molecule has 3 nitrogen and oxygen atoms in total. The van der Waals surface area contributed by atoms with Crippen molar-refractivity contribution in [2.75, 3.05) is 0 Å². The monoisotopic (exact) mass is 328 g/mol. The molecule has 1 atom stereocenters. The summed E-state index contributed by atoms with van der Waals surface area (Å²) in [7, 11) is 0. The van der Waals surface area contributed by atoms with Crippen LogP contribution in [-0.2, 0) is 12.8 Å². The summed E-state index contributed by atoms with van der Waals surface area (Å²) >= 11 is 0. The van der Waals surface area contributed by atoms with Gasteiger partial charge in [0.05, 0.1) is 0 Å². The number of aromatic nitrogens is 2. The minimum absolute atomic E-state index is 0. The number of H-pyrrole nitrogens is 1. The summed E-state index contributed by atoms with van der Waals surface area (Å²) in [4.78, 5) is 7.44. The quantitative estimate of drug-likeness (QED) is 0.688. The summed E-state index contributed by atoms with van der Waals surface area (Å²) in [5.74, 6) is 3.33. The van der Waals surface area contributed by atoms with Crippen LogP contribution in [0.1, 0.15) is 18.3 Å². The second-order valence-electron chi connectivity index (χ2n) is 5.61. The molecule has 0 aliphatic carbocycles. The van der Waals surface area contributed by atoms with E-state index < -0.39 is 0 Å². The zero-order valence-electron chi connectivity index (χ0n) is 13.1. The summed E-state index contributed by atoms with van der Waals surface area (Å²) in [5, 5.41) is 0. The SMILES string of the molecule is CC(Cc1ccc(Oc2ccccc2)cc1)Cc1ncc[nH]1.Cl. The predicted molar refractivity (Wildman–Crippen MR) is 95.4 cm³/mol. The molecule has 1 unspecified atom stereocenters. The van der Waals surface area contributed by atoms with Crippen LogP contribution in [0.25, 0.3) is 0 Å². The number of nitrogens with one attached hydrogen (secondary N) is 1. The summed E-state index contributed by atoms with van der Waals surface area (Å²) in [5.41, 5.74) is 1.32. The van der Waals surface area contributed by atoms with Gasteiger partial charge in [-0.05, 0) is 42.2 Å². The molecule has 0 saturated carbocycles. The second kappa shape index (κ2) is 8.39. The van der Waals surface area contributed by atoms with Crippen molar-refractivity contribution in [1.82, 2.24) is 9.97 Å². The molecule has 0 bridgehead atoms. The Morgan fingerprint density at radius 3 is 2.30 bits per heavy atom. The first-order chi connectivity index (χ1) is 10.8. The fraction of sp³-hybridized carbons (Fsp3) is 0.211. The topological polar surface area (TPSA) is 37.9 Å². The molecule has 1 aromatic heterocycles. The third-order valence-corrected chi connectivity index (χ3v) is 3.58. The smallest absolute Gasteiger partial charge is 0.127 e. The van der Waals surface area contributed by atoms with E-state index in [1.807, 2.05) is 48.7 Å². The minimum atomic E-state index is 0. The standard InChI is InChI=1S/C19H20N2O.ClH/c1-15(14-19-20-11-12-21-19)13-16-7-9-18(10-8-16)22-17-5-3-2-4-6-17;/h2-12,15H,13-14H2,1H3,(H,20,21);1H. The molecule has 0 aliphatic rings. The van der Waals surface area contributed by atoms with E-state index in [1.165, 1.54) is 5.56 Å². The van der Waals surface area contributed by atoms with E-state index in [0.29, 0.717) is 5.92 Å². The molecule has 0 fully saturated rings. The average Bonchev–Trinajstić information content (AvgIpc) is 3.03. The molecule has 0 saturated heterocycles. The Hall–Kier alpha value is -2.26. The number of halogens is 1. The third-order valence-electron chi connectivity index (χ3n) is 3.58. The molecule has 0 radical (unpaired) electrons. The Morgan fingerprint density at radius 2 is 1.65 bits per heavy atom. The summed E-state index contributed by atoms with van der Waals surface area (Å²) in [6.07, 6.45) is 5.68. The van der Waals surface area contributed by atoms with E-state index in [4.69, 9.17) is 4.74 Å². The van der Waals surface area contributed by atoms with Crippen molar-refractivity contribution < 1.29 is 4.74 Å². The van der Waals surface area contributed by atoms with Gasteiger partial charge in [0.1, 0.15) is 17.3 Å². The molecule has 1 heterocycles. The van der Waals surface area contributed by atoms with Crippen molar-refractivity contribution in [1.29, 1.82) is 0 Å².